The fourth-order valence-electron chi connectivity index (χ4n) is 2.38. The molecule has 6 heteroatoms. The van der Waals surface area contributed by atoms with Crippen LogP contribution in [0.4, 0.5) is 0 Å². The van der Waals surface area contributed by atoms with E-state index in [1.54, 1.807) is 0 Å². The van der Waals surface area contributed by atoms with Crippen LogP contribution in [0.25, 0.3) is 0 Å². The van der Waals surface area contributed by atoms with E-state index in [-0.39, 0.29) is 11.5 Å². The van der Waals surface area contributed by atoms with E-state index in [4.69, 9.17) is 15.8 Å². The molecule has 0 saturated heterocycles. The van der Waals surface area contributed by atoms with Crippen LogP contribution in [0, 0.1) is 34.0 Å². The average Bonchev–Trinajstić information content (AvgIpc) is 2.49. The highest BCUT2D eigenvalue weighted by Crippen LogP contribution is 2.60. The Hall–Kier alpha value is -2.28. The van der Waals surface area contributed by atoms with Gasteiger partial charge in [0.05, 0.1) is 63.2 Å². The predicted octanol–water partition coefficient (Wildman–Crippen LogP) is 2.48. The maximum atomic E-state index is 10.1. The van der Waals surface area contributed by atoms with Crippen molar-refractivity contribution in [1.29, 1.82) is 15.8 Å². The van der Waals surface area contributed by atoms with Crippen LogP contribution in [0.3, 0.4) is 0 Å². The van der Waals surface area contributed by atoms with Gasteiger partial charge in [0.2, 0.25) is 0 Å². The van der Waals surface area contributed by atoms with Crippen LogP contribution < -0.4 is 5.30 Å². The van der Waals surface area contributed by atoms with Crippen molar-refractivity contribution in [1.82, 2.24) is 0 Å². The Bertz CT molecular complexity index is 565. The minimum absolute atomic E-state index is 0.0399. The molecule has 0 radical (unpaired) electrons. The lowest BCUT2D eigenvalue weighted by atomic mass is 10.3. The highest BCUT2D eigenvalue weighted by Gasteiger charge is 2.41. The summed E-state index contributed by atoms with van der Waals surface area (Å²) < 4.78 is 0. The molecule has 0 fully saturated rings. The van der Waals surface area contributed by atoms with Crippen molar-refractivity contribution in [2.45, 2.75) is 19.3 Å². The van der Waals surface area contributed by atoms with Gasteiger partial charge in [0.1, 0.15) is 11.1 Å². The number of phenolic OH excluding ortho intramolecular Hbond substituents is 2. The minimum Gasteiger partial charge on any atom is -0.508 e. The fraction of sp³-hybridized carbons (Fsp3) is 0.400. The summed E-state index contributed by atoms with van der Waals surface area (Å²) in [5.74, 6) is 0.105. The molecule has 108 valence electrons. The second kappa shape index (κ2) is 8.11. The Morgan fingerprint density at radius 3 is 1.76 bits per heavy atom. The van der Waals surface area contributed by atoms with E-state index in [1.165, 1.54) is 18.2 Å². The normalized spacial score (nSPS) is 10.3. The third-order valence-corrected chi connectivity index (χ3v) is 8.04. The van der Waals surface area contributed by atoms with Crippen molar-refractivity contribution in [3.05, 3.63) is 18.2 Å². The van der Waals surface area contributed by atoms with Crippen molar-refractivity contribution < 1.29 is 10.2 Å². The van der Waals surface area contributed by atoms with Crippen LogP contribution in [-0.4, -0.2) is 28.7 Å². The quantitative estimate of drug-likeness (QED) is 0.593. The molecule has 0 spiro atoms. The van der Waals surface area contributed by atoms with Gasteiger partial charge in [-0.25, -0.2) is 0 Å². The van der Waals surface area contributed by atoms with Crippen molar-refractivity contribution >= 4 is 12.6 Å². The topological polar surface area (TPSA) is 112 Å². The molecule has 0 aliphatic heterocycles. The fourth-order valence-corrected chi connectivity index (χ4v) is 6.32. The lowest BCUT2D eigenvalue weighted by Gasteiger charge is -2.26. The van der Waals surface area contributed by atoms with Gasteiger partial charge in [-0.2, -0.15) is 15.8 Å². The summed E-state index contributed by atoms with van der Waals surface area (Å²) >= 11 is 0. The van der Waals surface area contributed by atoms with E-state index in [0.29, 0.717) is 43.1 Å². The van der Waals surface area contributed by atoms with Crippen molar-refractivity contribution in [3.63, 3.8) is 0 Å². The number of rotatable bonds is 7. The molecule has 0 aliphatic carbocycles. The monoisotopic (exact) mass is 302 g/mol. The average molecular weight is 302 g/mol. The summed E-state index contributed by atoms with van der Waals surface area (Å²) in [6, 6.07) is 10.6. The van der Waals surface area contributed by atoms with Gasteiger partial charge in [0.15, 0.2) is 5.75 Å². The summed E-state index contributed by atoms with van der Waals surface area (Å²) in [6.45, 7) is 0. The van der Waals surface area contributed by atoms with Crippen molar-refractivity contribution in [2.24, 2.45) is 0 Å². The highest BCUT2D eigenvalue weighted by molar-refractivity contribution is 7.83. The van der Waals surface area contributed by atoms with E-state index >= 15 is 0 Å². The molecule has 0 bridgehead atoms. The first-order valence-corrected chi connectivity index (χ1v) is 8.93. The van der Waals surface area contributed by atoms with Crippen molar-refractivity contribution in [2.75, 3.05) is 18.5 Å². The molecule has 0 atom stereocenters. The predicted molar refractivity (Wildman–Crippen MR) is 81.6 cm³/mol. The first-order chi connectivity index (χ1) is 10.1. The Morgan fingerprint density at radius 1 is 0.857 bits per heavy atom. The second-order valence-corrected chi connectivity index (χ2v) is 8.83. The van der Waals surface area contributed by atoms with E-state index in [9.17, 15) is 10.2 Å². The van der Waals surface area contributed by atoms with Crippen LogP contribution in [-0.2, 0) is 0 Å². The lowest BCUT2D eigenvalue weighted by molar-refractivity contribution is 0.463. The zero-order valence-electron chi connectivity index (χ0n) is 11.7. The maximum absolute atomic E-state index is 10.1. The summed E-state index contributed by atoms with van der Waals surface area (Å²) in [7, 11) is -2.04. The summed E-state index contributed by atoms with van der Waals surface area (Å²) in [6.07, 6.45) is 2.55. The van der Waals surface area contributed by atoms with Gasteiger partial charge < -0.3 is 10.2 Å². The van der Waals surface area contributed by atoms with Gasteiger partial charge in [-0.15, -0.1) is 0 Å². The van der Waals surface area contributed by atoms with Crippen LogP contribution in [0.15, 0.2) is 18.2 Å². The molecule has 0 amide bonds. The molecular formula is C15H17N3O2P+. The van der Waals surface area contributed by atoms with Crippen LogP contribution in [0.2, 0.25) is 0 Å². The molecule has 0 unspecified atom stereocenters. The number of hydrogen-bond acceptors (Lipinski definition) is 5. The second-order valence-electron chi connectivity index (χ2n) is 4.71. The molecule has 1 rings (SSSR count). The van der Waals surface area contributed by atoms with Gasteiger partial charge in [-0.1, -0.05) is 0 Å². The Balaban J connectivity index is 3.30. The molecule has 5 nitrogen and oxygen atoms in total. The summed E-state index contributed by atoms with van der Waals surface area (Å²) in [4.78, 5) is 0. The van der Waals surface area contributed by atoms with Crippen molar-refractivity contribution in [3.8, 4) is 29.7 Å². The van der Waals surface area contributed by atoms with E-state index in [0.717, 1.165) is 0 Å². The smallest absolute Gasteiger partial charge is 0.158 e. The maximum Gasteiger partial charge on any atom is 0.158 e. The molecule has 2 N–H and O–H groups in total. The Labute approximate surface area is 125 Å². The lowest BCUT2D eigenvalue weighted by Crippen LogP contribution is -2.21. The SMILES string of the molecule is N#CCC[P+](CCC#N)(CCC#N)c1cc(O)ccc1O. The first-order valence-electron chi connectivity index (χ1n) is 6.59. The van der Waals surface area contributed by atoms with E-state index in [1.807, 2.05) is 0 Å². The third-order valence-electron chi connectivity index (χ3n) is 3.42. The van der Waals surface area contributed by atoms with E-state index < -0.39 is 7.26 Å². The van der Waals surface area contributed by atoms with E-state index in [2.05, 4.69) is 18.2 Å². The van der Waals surface area contributed by atoms with Gasteiger partial charge in [0, 0.05) is 6.07 Å². The zero-order chi connectivity index (χ0) is 15.7. The van der Waals surface area contributed by atoms with Crippen LogP contribution >= 0.6 is 7.26 Å². The Kier molecular flexibility index (Phi) is 6.48. The molecule has 0 aliphatic rings. The molecule has 1 aromatic carbocycles. The number of phenols is 2. The molecule has 0 saturated carbocycles. The zero-order valence-corrected chi connectivity index (χ0v) is 12.6. The van der Waals surface area contributed by atoms with Gasteiger partial charge in [-0.05, 0) is 12.1 Å². The molecular weight excluding hydrogens is 285 g/mol. The van der Waals surface area contributed by atoms with Gasteiger partial charge in [-0.3, -0.25) is 0 Å². The number of nitrogens with zero attached hydrogens (tertiary/aromatic N) is 3. The number of benzene rings is 1. The molecule has 21 heavy (non-hydrogen) atoms. The standard InChI is InChI=1S/C15H16N3O2P/c16-6-1-9-21(10-2-7-17,11-3-8-18)15-12-13(19)4-5-14(15)20/h4-5,12H,1-3,9-11H2,(H-,19,20)/p+1. The number of nitriles is 3. The minimum atomic E-state index is -2.04. The van der Waals surface area contributed by atoms with Crippen LogP contribution in [0.5, 0.6) is 11.5 Å². The highest BCUT2D eigenvalue weighted by atomic mass is 31.2. The van der Waals surface area contributed by atoms with Crippen LogP contribution in [0.1, 0.15) is 19.3 Å². The largest absolute Gasteiger partial charge is 0.508 e. The molecule has 0 aromatic heterocycles. The Morgan fingerprint density at radius 2 is 1.33 bits per heavy atom. The first kappa shape index (κ1) is 16.8. The van der Waals surface area contributed by atoms with Gasteiger partial charge >= 0.3 is 0 Å². The summed E-state index contributed by atoms with van der Waals surface area (Å²) in [5.41, 5.74) is 0. The number of hydrogen-bond donors (Lipinski definition) is 2. The number of aromatic hydroxyl groups is 2. The molecule has 1 aromatic rings. The molecule has 0 heterocycles. The van der Waals surface area contributed by atoms with Gasteiger partial charge in [0.25, 0.3) is 0 Å². The third kappa shape index (κ3) is 4.35. The summed E-state index contributed by atoms with van der Waals surface area (Å²) in [5, 5.41) is 47.1.